The summed E-state index contributed by atoms with van der Waals surface area (Å²) in [6, 6.07) is 0. The zero-order valence-corrected chi connectivity index (χ0v) is 11.5. The Morgan fingerprint density at radius 3 is 2.65 bits per heavy atom. The molecule has 96 valence electrons. The highest BCUT2D eigenvalue weighted by atomic mass is 16.3. The van der Waals surface area contributed by atoms with Gasteiger partial charge >= 0.3 is 0 Å². The molecule has 0 unspecified atom stereocenters. The smallest absolute Gasteiger partial charge is 0.291 e. The second-order valence-electron chi connectivity index (χ2n) is 5.37. The van der Waals surface area contributed by atoms with Gasteiger partial charge in [0, 0.05) is 0 Å². The molecule has 0 atom stereocenters. The fourth-order valence-corrected chi connectivity index (χ4v) is 1.66. The molecule has 0 N–H and O–H groups in total. The second kappa shape index (κ2) is 5.34. The second-order valence-corrected chi connectivity index (χ2v) is 5.37. The van der Waals surface area contributed by atoms with Crippen LogP contribution in [0.3, 0.4) is 0 Å². The van der Waals surface area contributed by atoms with Gasteiger partial charge < -0.3 is 5.11 Å². The predicted octanol–water partition coefficient (Wildman–Crippen LogP) is 1.02. The molecule has 0 aliphatic heterocycles. The molecule has 1 aromatic rings. The third-order valence-corrected chi connectivity index (χ3v) is 2.46. The molecule has 0 bridgehead atoms. The van der Waals surface area contributed by atoms with Crippen LogP contribution >= 0.6 is 0 Å². The molecular formula is C13H23N3O. The van der Waals surface area contributed by atoms with Gasteiger partial charge in [0.2, 0.25) is 0 Å². The van der Waals surface area contributed by atoms with E-state index < -0.39 is 0 Å². The highest BCUT2D eigenvalue weighted by Crippen LogP contribution is 2.08. The normalized spacial score (nSPS) is 13.1. The molecule has 0 aliphatic rings. The molecule has 1 aromatic heterocycles. The summed E-state index contributed by atoms with van der Waals surface area (Å²) in [5, 5.41) is 12.1. The third kappa shape index (κ3) is 3.88. The van der Waals surface area contributed by atoms with Crippen LogP contribution in [0.5, 0.6) is 0 Å². The van der Waals surface area contributed by atoms with Crippen molar-refractivity contribution in [1.82, 2.24) is 4.57 Å². The summed E-state index contributed by atoms with van der Waals surface area (Å²) in [6.07, 6.45) is 6.04. The van der Waals surface area contributed by atoms with Crippen molar-refractivity contribution >= 4 is 5.90 Å². The van der Waals surface area contributed by atoms with Gasteiger partial charge in [-0.1, -0.05) is 13.3 Å². The molecule has 0 aromatic carbocycles. The van der Waals surface area contributed by atoms with Crippen LogP contribution in [0, 0.1) is 0 Å². The summed E-state index contributed by atoms with van der Waals surface area (Å²) < 4.78 is 3.83. The molecule has 0 saturated heterocycles. The zero-order chi connectivity index (χ0) is 13.1. The highest BCUT2D eigenvalue weighted by molar-refractivity contribution is 5.85. The summed E-state index contributed by atoms with van der Waals surface area (Å²) in [6.45, 7) is 8.82. The average molecular weight is 237 g/mol. The lowest BCUT2D eigenvalue weighted by Crippen LogP contribution is -2.41. The van der Waals surface area contributed by atoms with E-state index in [-0.39, 0.29) is 11.4 Å². The summed E-state index contributed by atoms with van der Waals surface area (Å²) in [4.78, 5) is 4.20. The summed E-state index contributed by atoms with van der Waals surface area (Å²) in [7, 11) is 1.88. The topological polar surface area (TPSA) is 44.2 Å². The molecule has 0 radical (unpaired) electrons. The van der Waals surface area contributed by atoms with Crippen LogP contribution in [0.1, 0.15) is 46.4 Å². The Morgan fingerprint density at radius 1 is 1.47 bits per heavy atom. The van der Waals surface area contributed by atoms with Crippen molar-refractivity contribution in [2.24, 2.45) is 12.0 Å². The Kier molecular flexibility index (Phi) is 4.32. The number of imidazole rings is 1. The van der Waals surface area contributed by atoms with Crippen LogP contribution < -0.4 is 9.67 Å². The predicted molar refractivity (Wildman–Crippen MR) is 66.8 cm³/mol. The summed E-state index contributed by atoms with van der Waals surface area (Å²) in [5.74, 6) is 0.523. The van der Waals surface area contributed by atoms with Crippen molar-refractivity contribution in [2.45, 2.75) is 52.6 Å². The maximum absolute atomic E-state index is 12.1. The van der Waals surface area contributed by atoms with Gasteiger partial charge in [-0.05, 0) is 27.2 Å². The summed E-state index contributed by atoms with van der Waals surface area (Å²) >= 11 is 0. The minimum atomic E-state index is -0.329. The van der Waals surface area contributed by atoms with Gasteiger partial charge in [-0.25, -0.2) is 9.13 Å². The van der Waals surface area contributed by atoms with E-state index in [0.717, 1.165) is 19.4 Å². The van der Waals surface area contributed by atoms with E-state index in [1.165, 1.54) is 0 Å². The van der Waals surface area contributed by atoms with Crippen molar-refractivity contribution in [3.63, 3.8) is 0 Å². The van der Waals surface area contributed by atoms with Crippen molar-refractivity contribution in [3.8, 4) is 0 Å². The van der Waals surface area contributed by atoms with Crippen LogP contribution in [0.2, 0.25) is 0 Å². The lowest BCUT2D eigenvalue weighted by Gasteiger charge is -2.17. The number of aromatic nitrogens is 2. The van der Waals surface area contributed by atoms with E-state index >= 15 is 0 Å². The molecule has 0 saturated carbocycles. The van der Waals surface area contributed by atoms with Crippen LogP contribution in [-0.2, 0) is 13.6 Å². The van der Waals surface area contributed by atoms with Crippen LogP contribution in [0.25, 0.3) is 0 Å². The quantitative estimate of drug-likeness (QED) is 0.438. The highest BCUT2D eigenvalue weighted by Gasteiger charge is 2.16. The van der Waals surface area contributed by atoms with E-state index in [0.29, 0.717) is 5.82 Å². The van der Waals surface area contributed by atoms with Gasteiger partial charge in [0.05, 0.1) is 25.0 Å². The minimum absolute atomic E-state index is 0.138. The van der Waals surface area contributed by atoms with E-state index in [1.54, 1.807) is 0 Å². The van der Waals surface area contributed by atoms with Crippen LogP contribution in [-0.4, -0.2) is 16.0 Å². The number of hydrogen-bond donors (Lipinski definition) is 0. The average Bonchev–Trinajstić information content (AvgIpc) is 2.54. The van der Waals surface area contributed by atoms with Crippen LogP contribution in [0.4, 0.5) is 0 Å². The molecule has 4 nitrogen and oxygen atoms in total. The van der Waals surface area contributed by atoms with E-state index in [4.69, 9.17) is 0 Å². The largest absolute Gasteiger partial charge is 0.853 e. The summed E-state index contributed by atoms with van der Waals surface area (Å²) in [5.41, 5.74) is -0.329. The molecule has 0 fully saturated rings. The Morgan fingerprint density at radius 2 is 2.12 bits per heavy atom. The first-order chi connectivity index (χ1) is 7.85. The van der Waals surface area contributed by atoms with Crippen molar-refractivity contribution in [3.05, 3.63) is 18.2 Å². The fraction of sp³-hybridized carbons (Fsp3) is 0.692. The van der Waals surface area contributed by atoms with Gasteiger partial charge in [0.15, 0.2) is 0 Å². The first kappa shape index (κ1) is 13.7. The lowest BCUT2D eigenvalue weighted by atomic mass is 10.1. The maximum Gasteiger partial charge on any atom is 0.291 e. The number of aliphatic imine (C=N–C) groups is 1. The molecule has 17 heavy (non-hydrogen) atoms. The minimum Gasteiger partial charge on any atom is -0.853 e. The van der Waals surface area contributed by atoms with Crippen molar-refractivity contribution < 1.29 is 9.67 Å². The number of hydrogen-bond acceptors (Lipinski definition) is 2. The monoisotopic (exact) mass is 237 g/mol. The van der Waals surface area contributed by atoms with Gasteiger partial charge in [-0.15, -0.1) is 0 Å². The van der Waals surface area contributed by atoms with Gasteiger partial charge in [0.1, 0.15) is 12.4 Å². The number of aryl methyl sites for hydroxylation is 2. The molecule has 0 spiro atoms. The van der Waals surface area contributed by atoms with Gasteiger partial charge in [-0.2, -0.15) is 0 Å². The maximum atomic E-state index is 12.1. The Balaban J connectivity index is 3.03. The van der Waals surface area contributed by atoms with Gasteiger partial charge in [-0.3, -0.25) is 4.99 Å². The third-order valence-electron chi connectivity index (χ3n) is 2.46. The Labute approximate surface area is 104 Å². The Hall–Kier alpha value is -1.32. The molecule has 1 heterocycles. The number of rotatable bonds is 4. The SMILES string of the molecule is CCCCn1cc[n+](C)c1/C([O-])=N/C(C)(C)C. The molecule has 0 aliphatic carbocycles. The first-order valence-corrected chi connectivity index (χ1v) is 6.17. The van der Waals surface area contributed by atoms with Crippen molar-refractivity contribution in [1.29, 1.82) is 0 Å². The molecule has 1 rings (SSSR count). The van der Waals surface area contributed by atoms with E-state index in [1.807, 2.05) is 49.3 Å². The zero-order valence-electron chi connectivity index (χ0n) is 11.5. The molecule has 0 amide bonds. The van der Waals surface area contributed by atoms with Crippen LogP contribution in [0.15, 0.2) is 17.4 Å². The molecular weight excluding hydrogens is 214 g/mol. The lowest BCUT2D eigenvalue weighted by molar-refractivity contribution is -0.674. The first-order valence-electron chi connectivity index (χ1n) is 6.17. The number of nitrogens with zero attached hydrogens (tertiary/aromatic N) is 3. The standard InChI is InChI=1S/C13H23N3O/c1-6-7-8-16-10-9-15(5)12(16)11(17)14-13(2,3)4/h9-10H,6-8H2,1-5H3. The molecule has 4 heteroatoms. The van der Waals surface area contributed by atoms with E-state index in [2.05, 4.69) is 11.9 Å². The number of unbranched alkanes of at least 4 members (excludes halogenated alkanes) is 1. The van der Waals surface area contributed by atoms with E-state index in [9.17, 15) is 5.11 Å². The fourth-order valence-electron chi connectivity index (χ4n) is 1.66. The van der Waals surface area contributed by atoms with Crippen molar-refractivity contribution in [2.75, 3.05) is 0 Å². The Bertz CT molecular complexity index is 399. The van der Waals surface area contributed by atoms with Gasteiger partial charge in [0.25, 0.3) is 5.82 Å².